The van der Waals surface area contributed by atoms with Gasteiger partial charge in [-0.3, -0.25) is 53.5 Å². The molecule has 0 unspecified atom stereocenters. The van der Waals surface area contributed by atoms with E-state index < -0.39 is 21.8 Å². The minimum Gasteiger partial charge on any atom is -1.00 e. The number of fused-ring (bicyclic) bond motifs is 6. The van der Waals surface area contributed by atoms with Gasteiger partial charge in [0, 0.05) is 158 Å². The van der Waals surface area contributed by atoms with Crippen LogP contribution in [0, 0.1) is 58.0 Å². The van der Waals surface area contributed by atoms with Crippen LogP contribution in [0.4, 0.5) is 60.0 Å². The summed E-state index contributed by atoms with van der Waals surface area (Å²) in [6.45, 7) is 9.68. The van der Waals surface area contributed by atoms with Gasteiger partial charge in [0.05, 0.1) is 35.2 Å². The molecule has 0 atom stereocenters. The van der Waals surface area contributed by atoms with E-state index in [1.54, 1.807) is 55.6 Å². The molecule has 0 fully saturated rings. The van der Waals surface area contributed by atoms with Crippen LogP contribution in [0.5, 0.6) is 5.75 Å². The number of H-pyrrole nitrogens is 2. The third-order valence-corrected chi connectivity index (χ3v) is 14.1. The number of aryl methyl sites for hydroxylation is 5. The van der Waals surface area contributed by atoms with E-state index in [4.69, 9.17) is 46.1 Å². The standard InChI is InChI=1S/C16H18FN.C13H10N2O2.C13H12N2O2.C13H12N2.C7H9NO.C6H4BrNO2.C2H4BrF.2C2H4O2.CH2O3.2Cs.Pd.H/c1-13-4-8-15(9-5-13)18-16-10-6-14(7-11-16)3-2-12-17;1-8-2-4-12-10(6-8)11-7-9(15(16)17)3-5-13(11)14-12;1-10-2-4-11(5-3-10)14-12-6-8-13(9-7-12)15(16)17;1-8-2-4-12-10(6-8)11-7-9(14)3-5-13(11)15-12;1-9-7-4-2-6(8)3-5-7;7-5-1-3-6(4-2-5)8(9)10;3-1-2-4;2*1-2(3)4;2-1-4-3;;;;/h4-11,18H,2-3,12H2,1H3;2-7,14H,1H3;2-9,14H,1H3;2-7,15H,14H2,1H3;2-5H,8H2,1H3;1-4H;1-2H2;2*1H3,(H,3,4);1,3H;;;;/q;;;;;;;;;;2*+1;;-1/p-1. The number of alkyl halides is 3. The fourth-order valence-corrected chi connectivity index (χ4v) is 8.87. The van der Waals surface area contributed by atoms with Gasteiger partial charge in [0.1, 0.15) is 5.75 Å². The van der Waals surface area contributed by atoms with Crippen LogP contribution in [0.3, 0.4) is 0 Å². The first kappa shape index (κ1) is 98.0. The summed E-state index contributed by atoms with van der Waals surface area (Å²) in [5.41, 5.74) is 27.3. The Labute approximate surface area is 755 Å². The molecule has 0 spiro atoms. The monoisotopic (exact) mass is 1900 g/mol. The van der Waals surface area contributed by atoms with Crippen LogP contribution in [-0.4, -0.2) is 79.2 Å². The summed E-state index contributed by atoms with van der Waals surface area (Å²) in [4.78, 5) is 66.0. The Morgan fingerprint density at radius 2 is 0.819 bits per heavy atom. The molecule has 10 N–H and O–H groups in total. The van der Waals surface area contributed by atoms with Crippen LogP contribution in [0.1, 0.15) is 49.5 Å². The van der Waals surface area contributed by atoms with Gasteiger partial charge >= 0.3 is 138 Å². The second-order valence-electron chi connectivity index (χ2n) is 21.5. The Balaban J connectivity index is 0. The summed E-state index contributed by atoms with van der Waals surface area (Å²) in [7, 11) is 1.63. The largest absolute Gasteiger partial charge is 1.00 e. The van der Waals surface area contributed by atoms with Gasteiger partial charge in [-0.15, -0.1) is 0 Å². The average Bonchev–Trinajstić information content (AvgIpc) is 1.64. The molecule has 0 aliphatic carbocycles. The second-order valence-corrected chi connectivity index (χ2v) is 23.2. The molecular weight excluding hydrogens is 1820 g/mol. The van der Waals surface area contributed by atoms with Crippen molar-refractivity contribution < 1.29 is 223 Å². The minimum atomic E-state index is -0.833. The number of anilines is 6. The molecule has 105 heavy (non-hydrogen) atoms. The number of carboxylic acids is 2. The molecule has 0 bridgehead atoms. The molecule has 2 heterocycles. The quantitative estimate of drug-likeness (QED) is 0.0101. The summed E-state index contributed by atoms with van der Waals surface area (Å²) in [6.07, 6.45) is 1.41. The number of nitrogens with zero attached hydrogens (tertiary/aromatic N) is 3. The van der Waals surface area contributed by atoms with E-state index in [0.717, 1.165) is 97.5 Å². The number of rotatable bonds is 13. The zero-order chi connectivity index (χ0) is 75.7. The molecule has 0 radical (unpaired) electrons. The summed E-state index contributed by atoms with van der Waals surface area (Å²) in [5.74, 6) is -0.829. The number of nitrogens with one attached hydrogen (secondary N) is 4. The van der Waals surface area contributed by atoms with E-state index in [-0.39, 0.29) is 201 Å². The number of nitro groups is 3. The molecular formula is C75H79Br2Cs2F2N9O14Pd. The SMILES string of the molecule is CC(=O)O.CC(=O)O.COc1ccc(N)cc1.Cc1ccc(Nc2ccc(CCCF)cc2)cc1.Cc1ccc(Nc2ccc([N+](=O)[O-])cc2)cc1.Cc1ccc2[nH]c3ccc(N)cc3c2c1.Cc1ccc2[nH]c3ccc([N+](=O)[O-])cc3c2c1.FCCBr.O=CO[O-].O=[N+]([O-])c1ccc(Br)cc1.[Cs+].[Cs+].[H-].[Pd]. The van der Waals surface area contributed by atoms with Crippen LogP contribution >= 0.6 is 31.9 Å². The third-order valence-electron chi connectivity index (χ3n) is 13.3. The molecule has 0 saturated heterocycles. The maximum Gasteiger partial charge on any atom is 1.00 e. The molecule has 12 rings (SSSR count). The molecule has 2 aromatic heterocycles. The van der Waals surface area contributed by atoms with Gasteiger partial charge in [-0.2, -0.15) is 0 Å². The first-order valence-corrected chi connectivity index (χ1v) is 32.6. The third kappa shape index (κ3) is 39.4. The number of ether oxygens (including phenoxy) is 1. The van der Waals surface area contributed by atoms with Crippen LogP contribution < -0.4 is 170 Å². The maximum absolute atomic E-state index is 12.1. The Hall–Kier alpha value is -7.04. The van der Waals surface area contributed by atoms with Crippen molar-refractivity contribution in [1.29, 1.82) is 0 Å². The molecule has 0 saturated carbocycles. The fourth-order valence-electron chi connectivity index (χ4n) is 8.61. The van der Waals surface area contributed by atoms with Crippen molar-refractivity contribution in [2.75, 3.05) is 47.9 Å². The number of carbonyl (C=O) groups excluding carboxylic acids is 1. The number of hydrogen-bond acceptors (Lipinski definition) is 16. The maximum atomic E-state index is 12.1. The van der Waals surface area contributed by atoms with E-state index in [0.29, 0.717) is 11.8 Å². The number of nitro benzene ring substituents is 3. The predicted octanol–water partition coefficient (Wildman–Crippen LogP) is 12.8. The molecule has 0 aliphatic rings. The Kier molecular flexibility index (Phi) is 50.9. The number of nitrogen functional groups attached to an aromatic ring is 2. The van der Waals surface area contributed by atoms with Crippen molar-refractivity contribution in [1.82, 2.24) is 9.97 Å². The van der Waals surface area contributed by atoms with Crippen LogP contribution in [-0.2, 0) is 46.1 Å². The number of hydrogen-bond donors (Lipinski definition) is 8. The van der Waals surface area contributed by atoms with Crippen molar-refractivity contribution in [2.45, 2.75) is 54.4 Å². The number of aromatic amines is 2. The molecule has 10 aromatic carbocycles. The summed E-state index contributed by atoms with van der Waals surface area (Å²) in [5, 5.41) is 66.0. The number of aromatic nitrogens is 2. The predicted molar refractivity (Wildman–Crippen MR) is 408 cm³/mol. The van der Waals surface area contributed by atoms with E-state index >= 15 is 0 Å². The minimum absolute atomic E-state index is 0. The van der Waals surface area contributed by atoms with Gasteiger partial charge in [0.2, 0.25) is 0 Å². The normalized spacial score (nSPS) is 9.41. The summed E-state index contributed by atoms with van der Waals surface area (Å²) in [6, 6.07) is 67.5. The summed E-state index contributed by atoms with van der Waals surface area (Å²) >= 11 is 6.05. The van der Waals surface area contributed by atoms with Crippen LogP contribution in [0.25, 0.3) is 43.6 Å². The molecule has 0 amide bonds. The van der Waals surface area contributed by atoms with E-state index in [9.17, 15) is 39.1 Å². The molecule has 12 aromatic rings. The molecule has 30 heteroatoms. The Bertz CT molecular complexity index is 4510. The van der Waals surface area contributed by atoms with Crippen molar-refractivity contribution in [3.63, 3.8) is 0 Å². The van der Waals surface area contributed by atoms with Crippen molar-refractivity contribution in [3.05, 3.63) is 281 Å². The van der Waals surface area contributed by atoms with Gasteiger partial charge in [0.15, 0.2) is 0 Å². The average molecular weight is 1900 g/mol. The number of carboxylic acid groups (broad SMARTS) is 2. The number of halogens is 4. The number of carbonyl (C=O) groups is 3. The first-order chi connectivity index (χ1) is 48.6. The molecule has 23 nitrogen and oxygen atoms in total. The van der Waals surface area contributed by atoms with Gasteiger partial charge in [-0.05, 0) is 180 Å². The summed E-state index contributed by atoms with van der Waals surface area (Å²) < 4.78 is 28.5. The topological polar surface area (TPSA) is 370 Å². The number of aliphatic carboxylic acids is 2. The second kappa shape index (κ2) is 54.5. The molecule has 548 valence electrons. The smallest absolute Gasteiger partial charge is 1.00 e. The Morgan fingerprint density at radius 1 is 0.514 bits per heavy atom. The zero-order valence-corrected chi connectivity index (χ0v) is 76.3. The van der Waals surface area contributed by atoms with Crippen molar-refractivity contribution >= 4 is 145 Å². The number of non-ortho nitro benzene ring substituents is 3. The number of methoxy groups -OCH3 is 1. The van der Waals surface area contributed by atoms with Crippen molar-refractivity contribution in [2.24, 2.45) is 0 Å². The van der Waals surface area contributed by atoms with Gasteiger partial charge < -0.3 is 58.6 Å². The van der Waals surface area contributed by atoms with Gasteiger partial charge in [0.25, 0.3) is 35.5 Å². The van der Waals surface area contributed by atoms with Crippen molar-refractivity contribution in [3.8, 4) is 5.75 Å². The Morgan fingerprint density at radius 3 is 1.17 bits per heavy atom. The molecule has 0 aliphatic heterocycles. The van der Waals surface area contributed by atoms with Crippen LogP contribution in [0.15, 0.2) is 223 Å². The van der Waals surface area contributed by atoms with E-state index in [1.807, 2.05) is 111 Å². The zero-order valence-electron chi connectivity index (χ0n) is 60.0. The van der Waals surface area contributed by atoms with Gasteiger partial charge in [-0.25, -0.2) is 0 Å². The fraction of sp³-hybridized carbons (Fsp3) is 0.160. The van der Waals surface area contributed by atoms with Gasteiger partial charge in [-0.1, -0.05) is 103 Å². The van der Waals surface area contributed by atoms with E-state index in [2.05, 4.69) is 114 Å². The number of nitrogens with two attached hydrogens (primary N) is 2. The van der Waals surface area contributed by atoms with Crippen LogP contribution in [0.2, 0.25) is 0 Å². The van der Waals surface area contributed by atoms with E-state index in [1.165, 1.54) is 68.9 Å². The first-order valence-electron chi connectivity index (χ1n) is 30.7. The number of benzene rings is 10.